The molecule has 1 heterocycles. The third-order valence-electron chi connectivity index (χ3n) is 4.48. The molecule has 0 atom stereocenters. The lowest BCUT2D eigenvalue weighted by atomic mass is 10.2. The molecule has 3 aromatic rings. The van der Waals surface area contributed by atoms with Crippen molar-refractivity contribution in [2.45, 2.75) is 19.5 Å². The van der Waals surface area contributed by atoms with Crippen molar-refractivity contribution in [3.05, 3.63) is 70.9 Å². The molecule has 0 bridgehead atoms. The van der Waals surface area contributed by atoms with Gasteiger partial charge in [-0.25, -0.2) is 0 Å². The summed E-state index contributed by atoms with van der Waals surface area (Å²) in [7, 11) is 0. The minimum atomic E-state index is 0. The number of aromatic nitrogens is 1. The van der Waals surface area contributed by atoms with Crippen LogP contribution in [0.4, 0.5) is 0 Å². The fourth-order valence-corrected chi connectivity index (χ4v) is 3.37. The van der Waals surface area contributed by atoms with E-state index in [-0.39, 0.29) is 31.4 Å². The third kappa shape index (κ3) is 6.66. The van der Waals surface area contributed by atoms with Gasteiger partial charge < -0.3 is 20.3 Å². The fourth-order valence-electron chi connectivity index (χ4n) is 3.17. The summed E-state index contributed by atoms with van der Waals surface area (Å²) >= 11 is 6.34. The Hall–Kier alpha value is -1.27. The zero-order valence-corrected chi connectivity index (χ0v) is 18.1. The molecule has 0 aliphatic carbocycles. The largest absolute Gasteiger partial charge is 0.395 e. The highest BCUT2D eigenvalue weighted by Gasteiger charge is 2.09. The van der Waals surface area contributed by atoms with E-state index in [1.165, 1.54) is 16.5 Å². The highest BCUT2D eigenvalue weighted by Crippen LogP contribution is 2.24. The number of aliphatic hydroxyl groups is 1. The molecular weight excluding hydrogens is 417 g/mol. The predicted octanol–water partition coefficient (Wildman–Crippen LogP) is 4.25. The van der Waals surface area contributed by atoms with Gasteiger partial charge in [0.1, 0.15) is 0 Å². The molecule has 2 aromatic carbocycles. The van der Waals surface area contributed by atoms with Crippen molar-refractivity contribution in [3.8, 4) is 0 Å². The Morgan fingerprint density at radius 2 is 1.57 bits per heavy atom. The molecule has 0 unspecified atom stereocenters. The van der Waals surface area contributed by atoms with Gasteiger partial charge in [0, 0.05) is 41.8 Å². The molecule has 3 N–H and O–H groups in total. The van der Waals surface area contributed by atoms with Crippen LogP contribution in [-0.4, -0.2) is 35.9 Å². The molecule has 1 aromatic heterocycles. The fraction of sp³-hybridized carbons (Fsp3) is 0.333. The highest BCUT2D eigenvalue weighted by atomic mass is 35.5. The average molecular weight is 445 g/mol. The Labute approximate surface area is 184 Å². The maximum atomic E-state index is 8.75. The van der Waals surface area contributed by atoms with Crippen molar-refractivity contribution in [3.63, 3.8) is 0 Å². The van der Waals surface area contributed by atoms with E-state index < -0.39 is 0 Å². The van der Waals surface area contributed by atoms with E-state index in [2.05, 4.69) is 51.7 Å². The summed E-state index contributed by atoms with van der Waals surface area (Å²) in [6.07, 6.45) is 3.27. The number of hydrogen-bond acceptors (Lipinski definition) is 3. The Kier molecular flexibility index (Phi) is 11.5. The van der Waals surface area contributed by atoms with Crippen LogP contribution in [0.2, 0.25) is 5.02 Å². The predicted molar refractivity (Wildman–Crippen MR) is 123 cm³/mol. The first-order valence-electron chi connectivity index (χ1n) is 9.12. The summed E-state index contributed by atoms with van der Waals surface area (Å²) in [6.45, 7) is 4.33. The van der Waals surface area contributed by atoms with Gasteiger partial charge >= 0.3 is 0 Å². The first-order valence-corrected chi connectivity index (χ1v) is 9.50. The summed E-state index contributed by atoms with van der Waals surface area (Å²) < 4.78 is 2.27. The molecule has 0 aliphatic rings. The minimum absolute atomic E-state index is 0. The molecule has 154 valence electrons. The monoisotopic (exact) mass is 443 g/mol. The SMILES string of the molecule is Cl.Cl.OCCNCCCNCc1cn(Cc2ccccc2Cl)c2ccccc12. The quantitative estimate of drug-likeness (QED) is 0.410. The van der Waals surface area contributed by atoms with Crippen LogP contribution in [0.25, 0.3) is 10.9 Å². The van der Waals surface area contributed by atoms with Gasteiger partial charge in [-0.05, 0) is 42.8 Å². The number of benzene rings is 2. The number of rotatable bonds is 10. The smallest absolute Gasteiger partial charge is 0.0555 e. The molecule has 7 heteroatoms. The Morgan fingerprint density at radius 1 is 0.857 bits per heavy atom. The summed E-state index contributed by atoms with van der Waals surface area (Å²) in [5, 5.41) is 17.6. The second-order valence-electron chi connectivity index (χ2n) is 6.39. The van der Waals surface area contributed by atoms with Crippen molar-refractivity contribution in [2.24, 2.45) is 0 Å². The topological polar surface area (TPSA) is 49.2 Å². The maximum absolute atomic E-state index is 8.75. The average Bonchev–Trinajstić information content (AvgIpc) is 3.01. The molecule has 0 aliphatic heterocycles. The van der Waals surface area contributed by atoms with Crippen molar-refractivity contribution in [2.75, 3.05) is 26.2 Å². The lowest BCUT2D eigenvalue weighted by molar-refractivity contribution is 0.292. The van der Waals surface area contributed by atoms with Gasteiger partial charge in [0.2, 0.25) is 0 Å². The van der Waals surface area contributed by atoms with Crippen LogP contribution in [0.5, 0.6) is 0 Å². The molecular formula is C21H28Cl3N3O. The molecule has 0 saturated heterocycles. The number of para-hydroxylation sites is 1. The zero-order valence-electron chi connectivity index (χ0n) is 15.7. The lowest BCUT2D eigenvalue weighted by Gasteiger charge is -2.07. The van der Waals surface area contributed by atoms with E-state index in [1.54, 1.807) is 0 Å². The van der Waals surface area contributed by atoms with Crippen molar-refractivity contribution in [1.29, 1.82) is 0 Å². The van der Waals surface area contributed by atoms with E-state index in [9.17, 15) is 0 Å². The van der Waals surface area contributed by atoms with Gasteiger partial charge in [0.15, 0.2) is 0 Å². The Morgan fingerprint density at radius 3 is 2.36 bits per heavy atom. The van der Waals surface area contributed by atoms with Gasteiger partial charge in [0.25, 0.3) is 0 Å². The summed E-state index contributed by atoms with van der Waals surface area (Å²) in [5.41, 5.74) is 3.66. The van der Waals surface area contributed by atoms with Crippen LogP contribution in [0, 0.1) is 0 Å². The number of aliphatic hydroxyl groups excluding tert-OH is 1. The summed E-state index contributed by atoms with van der Waals surface area (Å²) in [4.78, 5) is 0. The van der Waals surface area contributed by atoms with E-state index in [4.69, 9.17) is 16.7 Å². The van der Waals surface area contributed by atoms with Crippen LogP contribution in [-0.2, 0) is 13.1 Å². The van der Waals surface area contributed by atoms with E-state index >= 15 is 0 Å². The van der Waals surface area contributed by atoms with Gasteiger partial charge in [-0.2, -0.15) is 0 Å². The number of hydrogen-bond donors (Lipinski definition) is 3. The summed E-state index contributed by atoms with van der Waals surface area (Å²) in [6, 6.07) is 16.5. The minimum Gasteiger partial charge on any atom is -0.395 e. The van der Waals surface area contributed by atoms with Crippen LogP contribution >= 0.6 is 36.4 Å². The van der Waals surface area contributed by atoms with Crippen LogP contribution in [0.1, 0.15) is 17.5 Å². The van der Waals surface area contributed by atoms with Crippen LogP contribution < -0.4 is 10.6 Å². The molecule has 4 nitrogen and oxygen atoms in total. The number of halogens is 3. The van der Waals surface area contributed by atoms with Gasteiger partial charge in [-0.3, -0.25) is 0 Å². The number of nitrogens with one attached hydrogen (secondary N) is 2. The van der Waals surface area contributed by atoms with Gasteiger partial charge in [-0.1, -0.05) is 48.0 Å². The van der Waals surface area contributed by atoms with E-state index in [0.29, 0.717) is 6.54 Å². The number of fused-ring (bicyclic) bond motifs is 1. The maximum Gasteiger partial charge on any atom is 0.0555 e. The second kappa shape index (κ2) is 13.0. The zero-order chi connectivity index (χ0) is 18.2. The Balaban J connectivity index is 0.00000196. The van der Waals surface area contributed by atoms with Crippen LogP contribution in [0.15, 0.2) is 54.7 Å². The molecule has 0 fully saturated rings. The normalized spacial score (nSPS) is 10.5. The van der Waals surface area contributed by atoms with Gasteiger partial charge in [0.05, 0.1) is 6.61 Å². The molecule has 0 radical (unpaired) electrons. The van der Waals surface area contributed by atoms with E-state index in [0.717, 1.165) is 43.2 Å². The Bertz CT molecular complexity index is 839. The molecule has 3 rings (SSSR count). The van der Waals surface area contributed by atoms with Crippen molar-refractivity contribution < 1.29 is 5.11 Å². The first kappa shape index (κ1) is 24.8. The molecule has 0 spiro atoms. The standard InChI is InChI=1S/C21H26ClN3O.2ClH/c22-20-8-3-1-6-17(20)15-25-16-18(19-7-2-4-9-21(19)25)14-24-11-5-10-23-12-13-26;;/h1-4,6-9,16,23-24,26H,5,10-15H2;2*1H. The second-order valence-corrected chi connectivity index (χ2v) is 6.80. The van der Waals surface area contributed by atoms with Gasteiger partial charge in [-0.15, -0.1) is 24.8 Å². The van der Waals surface area contributed by atoms with E-state index in [1.807, 2.05) is 18.2 Å². The third-order valence-corrected chi connectivity index (χ3v) is 4.85. The number of nitrogens with zero attached hydrogens (tertiary/aromatic N) is 1. The van der Waals surface area contributed by atoms with Crippen molar-refractivity contribution >= 4 is 47.3 Å². The summed E-state index contributed by atoms with van der Waals surface area (Å²) in [5.74, 6) is 0. The van der Waals surface area contributed by atoms with Crippen LogP contribution in [0.3, 0.4) is 0 Å². The molecule has 0 amide bonds. The first-order chi connectivity index (χ1) is 12.8. The van der Waals surface area contributed by atoms with Crippen molar-refractivity contribution in [1.82, 2.24) is 15.2 Å². The molecule has 0 saturated carbocycles. The molecule has 28 heavy (non-hydrogen) atoms. The highest BCUT2D eigenvalue weighted by molar-refractivity contribution is 6.31. The lowest BCUT2D eigenvalue weighted by Crippen LogP contribution is -2.23.